The lowest BCUT2D eigenvalue weighted by Crippen LogP contribution is -2.44. The number of benzene rings is 1. The third-order valence-electron chi connectivity index (χ3n) is 2.83. The fraction of sp³-hybridized carbons (Fsp3) is 0.231. The molecule has 0 radical (unpaired) electrons. The maximum Gasteiger partial charge on any atom is 0.319 e. The van der Waals surface area contributed by atoms with Crippen molar-refractivity contribution in [2.75, 3.05) is 0 Å². The van der Waals surface area contributed by atoms with Gasteiger partial charge in [-0.3, -0.25) is 4.79 Å². The van der Waals surface area contributed by atoms with Gasteiger partial charge in [-0.15, -0.1) is 0 Å². The molecule has 1 aromatic carbocycles. The van der Waals surface area contributed by atoms with Gasteiger partial charge in [-0.25, -0.2) is 4.79 Å². The highest BCUT2D eigenvalue weighted by Gasteiger charge is 2.28. The van der Waals surface area contributed by atoms with Gasteiger partial charge in [0.1, 0.15) is 0 Å². The summed E-state index contributed by atoms with van der Waals surface area (Å²) in [5, 5.41) is 5.39. The molecule has 18 heavy (non-hydrogen) atoms. The summed E-state index contributed by atoms with van der Waals surface area (Å²) in [6.45, 7) is 3.24. The molecule has 2 amide bonds. The number of allylic oxidation sites excluding steroid dienone is 1. The van der Waals surface area contributed by atoms with Crippen molar-refractivity contribution in [3.8, 4) is 0 Å². The summed E-state index contributed by atoms with van der Waals surface area (Å²) >= 11 is 3.39. The van der Waals surface area contributed by atoms with Gasteiger partial charge in [0.25, 0.3) is 0 Å². The van der Waals surface area contributed by atoms with Crippen LogP contribution >= 0.6 is 15.9 Å². The van der Waals surface area contributed by atoms with Crippen LogP contribution in [0.15, 0.2) is 40.0 Å². The molecule has 1 unspecified atom stereocenters. The zero-order valence-corrected chi connectivity index (χ0v) is 11.7. The van der Waals surface area contributed by atoms with Gasteiger partial charge in [-0.1, -0.05) is 28.1 Å². The number of halogens is 1. The Morgan fingerprint density at radius 3 is 2.72 bits per heavy atom. The minimum atomic E-state index is -0.395. The summed E-state index contributed by atoms with van der Waals surface area (Å²) in [6.07, 6.45) is 0. The fourth-order valence-electron chi connectivity index (χ4n) is 2.10. The monoisotopic (exact) mass is 308 g/mol. The van der Waals surface area contributed by atoms with E-state index in [2.05, 4.69) is 26.6 Å². The van der Waals surface area contributed by atoms with Gasteiger partial charge in [0.05, 0.1) is 6.04 Å². The van der Waals surface area contributed by atoms with Gasteiger partial charge in [0.15, 0.2) is 5.78 Å². The van der Waals surface area contributed by atoms with E-state index < -0.39 is 6.04 Å². The molecule has 0 aliphatic carbocycles. The van der Waals surface area contributed by atoms with E-state index in [9.17, 15) is 9.59 Å². The van der Waals surface area contributed by atoms with E-state index in [0.29, 0.717) is 11.3 Å². The van der Waals surface area contributed by atoms with Gasteiger partial charge < -0.3 is 10.6 Å². The summed E-state index contributed by atoms with van der Waals surface area (Å²) in [5.74, 6) is -0.0509. The molecular formula is C13H13BrN2O2. The number of Topliss-reactive ketones (excluding diaryl/α,β-unsaturated/α-hetero) is 1. The predicted molar refractivity (Wildman–Crippen MR) is 71.9 cm³/mol. The lowest BCUT2D eigenvalue weighted by atomic mass is 9.93. The van der Waals surface area contributed by atoms with Crippen LogP contribution in [-0.4, -0.2) is 11.8 Å². The fourth-order valence-corrected chi connectivity index (χ4v) is 2.51. The summed E-state index contributed by atoms with van der Waals surface area (Å²) in [5.41, 5.74) is 2.08. The van der Waals surface area contributed by atoms with E-state index in [-0.39, 0.29) is 11.8 Å². The first-order chi connectivity index (χ1) is 8.49. The molecule has 5 heteroatoms. The molecule has 2 N–H and O–H groups in total. The van der Waals surface area contributed by atoms with Gasteiger partial charge in [-0.2, -0.15) is 0 Å². The number of hydrogen-bond donors (Lipinski definition) is 2. The van der Waals surface area contributed by atoms with Crippen molar-refractivity contribution in [1.82, 2.24) is 10.6 Å². The van der Waals surface area contributed by atoms with Crippen molar-refractivity contribution in [1.29, 1.82) is 0 Å². The minimum absolute atomic E-state index is 0.0509. The molecule has 0 saturated carbocycles. The Labute approximate surface area is 114 Å². The van der Waals surface area contributed by atoms with Crippen molar-refractivity contribution in [2.24, 2.45) is 0 Å². The molecular weight excluding hydrogens is 296 g/mol. The second-order valence-electron chi connectivity index (χ2n) is 4.18. The first-order valence-corrected chi connectivity index (χ1v) is 6.33. The van der Waals surface area contributed by atoms with Crippen LogP contribution in [0, 0.1) is 0 Å². The van der Waals surface area contributed by atoms with Crippen molar-refractivity contribution < 1.29 is 9.59 Å². The van der Waals surface area contributed by atoms with Crippen molar-refractivity contribution >= 4 is 27.7 Å². The summed E-state index contributed by atoms with van der Waals surface area (Å²) in [4.78, 5) is 23.3. The number of nitrogens with one attached hydrogen (secondary N) is 2. The number of rotatable bonds is 2. The smallest absolute Gasteiger partial charge is 0.319 e. The molecule has 0 spiro atoms. The first kappa shape index (κ1) is 12.8. The molecule has 1 aromatic rings. The summed E-state index contributed by atoms with van der Waals surface area (Å²) in [7, 11) is 0. The van der Waals surface area contributed by atoms with Crippen LogP contribution in [0.2, 0.25) is 0 Å². The number of amides is 2. The Kier molecular flexibility index (Phi) is 3.52. The van der Waals surface area contributed by atoms with Gasteiger partial charge in [0.2, 0.25) is 0 Å². The summed E-state index contributed by atoms with van der Waals surface area (Å²) < 4.78 is 0.910. The number of urea groups is 1. The van der Waals surface area contributed by atoms with Crippen LogP contribution in [-0.2, 0) is 4.79 Å². The molecule has 4 nitrogen and oxygen atoms in total. The second kappa shape index (κ2) is 4.94. The largest absolute Gasteiger partial charge is 0.327 e. The normalized spacial score (nSPS) is 19.3. The highest BCUT2D eigenvalue weighted by molar-refractivity contribution is 9.10. The quantitative estimate of drug-likeness (QED) is 0.882. The molecule has 2 rings (SSSR count). The number of ketones is 1. The van der Waals surface area contributed by atoms with Gasteiger partial charge in [-0.05, 0) is 31.5 Å². The van der Waals surface area contributed by atoms with Crippen LogP contribution in [0.1, 0.15) is 25.5 Å². The molecule has 1 atom stereocenters. The molecule has 1 aliphatic rings. The van der Waals surface area contributed by atoms with Gasteiger partial charge >= 0.3 is 6.03 Å². The Hall–Kier alpha value is -1.62. The molecule has 1 aliphatic heterocycles. The van der Waals surface area contributed by atoms with Crippen LogP contribution in [0.25, 0.3) is 0 Å². The third-order valence-corrected chi connectivity index (χ3v) is 3.32. The van der Waals surface area contributed by atoms with E-state index in [4.69, 9.17) is 0 Å². The van der Waals surface area contributed by atoms with E-state index in [0.717, 1.165) is 10.0 Å². The zero-order chi connectivity index (χ0) is 13.3. The van der Waals surface area contributed by atoms with Crippen LogP contribution in [0.5, 0.6) is 0 Å². The lowest BCUT2D eigenvalue weighted by molar-refractivity contribution is -0.114. The Bertz CT molecular complexity index is 552. The topological polar surface area (TPSA) is 58.2 Å². The van der Waals surface area contributed by atoms with E-state index in [1.807, 2.05) is 24.3 Å². The molecule has 1 heterocycles. The van der Waals surface area contributed by atoms with Gasteiger partial charge in [0, 0.05) is 15.7 Å². The SMILES string of the molecule is CC(=O)C1=C(C)NC(=O)NC1c1cccc(Br)c1. The van der Waals surface area contributed by atoms with Crippen LogP contribution < -0.4 is 10.6 Å². The Morgan fingerprint density at radius 1 is 1.39 bits per heavy atom. The number of carbonyl (C=O) groups is 2. The third kappa shape index (κ3) is 2.46. The molecule has 0 saturated heterocycles. The highest BCUT2D eigenvalue weighted by Crippen LogP contribution is 2.28. The van der Waals surface area contributed by atoms with E-state index in [1.54, 1.807) is 6.92 Å². The molecule has 94 valence electrons. The average Bonchev–Trinajstić information content (AvgIpc) is 2.27. The Balaban J connectivity index is 2.50. The minimum Gasteiger partial charge on any atom is -0.327 e. The standard InChI is InChI=1S/C13H13BrN2O2/c1-7-11(8(2)17)12(16-13(18)15-7)9-4-3-5-10(14)6-9/h3-6,12H,1-2H3,(H2,15,16,18). The first-order valence-electron chi connectivity index (χ1n) is 5.53. The molecule has 0 fully saturated rings. The Morgan fingerprint density at radius 2 is 2.11 bits per heavy atom. The van der Waals surface area contributed by atoms with Crippen LogP contribution in [0.3, 0.4) is 0 Å². The average molecular weight is 309 g/mol. The molecule has 0 bridgehead atoms. The molecule has 0 aromatic heterocycles. The lowest BCUT2D eigenvalue weighted by Gasteiger charge is -2.28. The van der Waals surface area contributed by atoms with Crippen molar-refractivity contribution in [3.05, 3.63) is 45.6 Å². The number of carbonyl (C=O) groups excluding carboxylic acids is 2. The maximum absolute atomic E-state index is 11.7. The van der Waals surface area contributed by atoms with E-state index >= 15 is 0 Å². The van der Waals surface area contributed by atoms with Crippen LogP contribution in [0.4, 0.5) is 4.79 Å². The highest BCUT2D eigenvalue weighted by atomic mass is 79.9. The maximum atomic E-state index is 11.7. The predicted octanol–water partition coefficient (Wildman–Crippen LogP) is 2.67. The van der Waals surface area contributed by atoms with E-state index in [1.165, 1.54) is 6.92 Å². The number of hydrogen-bond acceptors (Lipinski definition) is 2. The zero-order valence-electron chi connectivity index (χ0n) is 10.1. The summed E-state index contributed by atoms with van der Waals surface area (Å²) in [6, 6.07) is 6.87. The van der Waals surface area contributed by atoms with Crippen molar-refractivity contribution in [2.45, 2.75) is 19.9 Å². The van der Waals surface area contributed by atoms with Crippen molar-refractivity contribution in [3.63, 3.8) is 0 Å². The second-order valence-corrected chi connectivity index (χ2v) is 5.10.